The van der Waals surface area contributed by atoms with Crippen molar-refractivity contribution in [1.82, 2.24) is 0 Å². The van der Waals surface area contributed by atoms with Crippen LogP contribution in [0.25, 0.3) is 0 Å². The number of ether oxygens (including phenoxy) is 2. The number of hydrogen-bond acceptors (Lipinski definition) is 3. The van der Waals surface area contributed by atoms with Crippen LogP contribution in [-0.4, -0.2) is 7.11 Å². The molecule has 3 nitrogen and oxygen atoms in total. The minimum Gasteiger partial charge on any atom is -0.495 e. The number of halogens is 1. The molecule has 0 N–H and O–H groups in total. The molecule has 4 heteroatoms. The second-order valence-corrected chi connectivity index (χ2v) is 4.80. The SMILES string of the molecule is COc1ccc(COc2ccc(Br)cc2)cc1C#N. The van der Waals surface area contributed by atoms with Crippen LogP contribution in [0, 0.1) is 11.3 Å². The van der Waals surface area contributed by atoms with Gasteiger partial charge in [-0.05, 0) is 42.0 Å². The van der Waals surface area contributed by atoms with Gasteiger partial charge in [0, 0.05) is 4.47 Å². The van der Waals surface area contributed by atoms with Crippen LogP contribution >= 0.6 is 15.9 Å². The lowest BCUT2D eigenvalue weighted by Crippen LogP contribution is -1.97. The first-order valence-corrected chi connectivity index (χ1v) is 6.47. The summed E-state index contributed by atoms with van der Waals surface area (Å²) in [4.78, 5) is 0. The van der Waals surface area contributed by atoms with Crippen molar-refractivity contribution in [3.05, 3.63) is 58.1 Å². The zero-order chi connectivity index (χ0) is 13.7. The van der Waals surface area contributed by atoms with E-state index in [2.05, 4.69) is 22.0 Å². The molecule has 0 bridgehead atoms. The number of rotatable bonds is 4. The molecule has 2 aromatic rings. The first-order chi connectivity index (χ1) is 9.22. The lowest BCUT2D eigenvalue weighted by atomic mass is 10.1. The van der Waals surface area contributed by atoms with E-state index in [1.54, 1.807) is 19.2 Å². The molecule has 0 aliphatic rings. The Kier molecular flexibility index (Phi) is 4.43. The quantitative estimate of drug-likeness (QED) is 0.858. The first-order valence-electron chi connectivity index (χ1n) is 5.68. The van der Waals surface area contributed by atoms with Crippen molar-refractivity contribution in [1.29, 1.82) is 5.26 Å². The monoisotopic (exact) mass is 317 g/mol. The van der Waals surface area contributed by atoms with Crippen LogP contribution in [-0.2, 0) is 6.61 Å². The minimum absolute atomic E-state index is 0.417. The van der Waals surface area contributed by atoms with E-state index in [-0.39, 0.29) is 0 Å². The van der Waals surface area contributed by atoms with Crippen molar-refractivity contribution in [3.63, 3.8) is 0 Å². The predicted molar refractivity (Wildman–Crippen MR) is 76.2 cm³/mol. The van der Waals surface area contributed by atoms with Gasteiger partial charge in [0.1, 0.15) is 24.2 Å². The van der Waals surface area contributed by atoms with Crippen molar-refractivity contribution in [2.24, 2.45) is 0 Å². The van der Waals surface area contributed by atoms with Gasteiger partial charge < -0.3 is 9.47 Å². The maximum atomic E-state index is 9.01. The molecule has 0 heterocycles. The highest BCUT2D eigenvalue weighted by molar-refractivity contribution is 9.10. The third-order valence-electron chi connectivity index (χ3n) is 2.60. The summed E-state index contributed by atoms with van der Waals surface area (Å²) in [6.07, 6.45) is 0. The molecule has 2 rings (SSSR count). The zero-order valence-electron chi connectivity index (χ0n) is 10.4. The van der Waals surface area contributed by atoms with Crippen LogP contribution in [0.2, 0.25) is 0 Å². The van der Waals surface area contributed by atoms with Gasteiger partial charge in [0.05, 0.1) is 12.7 Å². The van der Waals surface area contributed by atoms with E-state index in [0.29, 0.717) is 17.9 Å². The molecule has 0 radical (unpaired) electrons. The topological polar surface area (TPSA) is 42.2 Å². The Morgan fingerprint density at radius 2 is 1.89 bits per heavy atom. The third kappa shape index (κ3) is 3.49. The van der Waals surface area contributed by atoms with E-state index in [9.17, 15) is 0 Å². The Labute approximate surface area is 120 Å². The lowest BCUT2D eigenvalue weighted by molar-refractivity contribution is 0.306. The molecule has 96 valence electrons. The van der Waals surface area contributed by atoms with E-state index >= 15 is 0 Å². The second kappa shape index (κ2) is 6.26. The smallest absolute Gasteiger partial charge is 0.136 e. The van der Waals surface area contributed by atoms with Crippen molar-refractivity contribution >= 4 is 15.9 Å². The van der Waals surface area contributed by atoms with E-state index in [1.165, 1.54) is 0 Å². The summed E-state index contributed by atoms with van der Waals surface area (Å²) in [6.45, 7) is 0.417. The van der Waals surface area contributed by atoms with E-state index in [4.69, 9.17) is 14.7 Å². The van der Waals surface area contributed by atoms with Crippen molar-refractivity contribution in [3.8, 4) is 17.6 Å². The van der Waals surface area contributed by atoms with Gasteiger partial charge in [-0.2, -0.15) is 5.26 Å². The van der Waals surface area contributed by atoms with E-state index < -0.39 is 0 Å². The molecule has 19 heavy (non-hydrogen) atoms. The van der Waals surface area contributed by atoms with Gasteiger partial charge in [-0.1, -0.05) is 22.0 Å². The Morgan fingerprint density at radius 1 is 1.16 bits per heavy atom. The fourth-order valence-electron chi connectivity index (χ4n) is 1.63. The maximum absolute atomic E-state index is 9.01. The molecule has 0 spiro atoms. The molecule has 0 unspecified atom stereocenters. The summed E-state index contributed by atoms with van der Waals surface area (Å²) in [5, 5.41) is 9.01. The average Bonchev–Trinajstić information content (AvgIpc) is 2.46. The van der Waals surface area contributed by atoms with Crippen LogP contribution in [0.3, 0.4) is 0 Å². The summed E-state index contributed by atoms with van der Waals surface area (Å²) >= 11 is 3.37. The average molecular weight is 318 g/mol. The molecule has 2 aromatic carbocycles. The third-order valence-corrected chi connectivity index (χ3v) is 3.13. The van der Waals surface area contributed by atoms with Gasteiger partial charge in [0.2, 0.25) is 0 Å². The highest BCUT2D eigenvalue weighted by Gasteiger charge is 2.04. The Balaban J connectivity index is 2.08. The standard InChI is InChI=1S/C15H12BrNO2/c1-18-15-7-2-11(8-12(15)9-17)10-19-14-5-3-13(16)4-6-14/h2-8H,10H2,1H3. The van der Waals surface area contributed by atoms with Crippen LogP contribution < -0.4 is 9.47 Å². The highest BCUT2D eigenvalue weighted by atomic mass is 79.9. The van der Waals surface area contributed by atoms with Crippen molar-refractivity contribution in [2.45, 2.75) is 6.61 Å². The molecule has 0 saturated heterocycles. The van der Waals surface area contributed by atoms with Crippen LogP contribution in [0.15, 0.2) is 46.9 Å². The van der Waals surface area contributed by atoms with Crippen LogP contribution in [0.5, 0.6) is 11.5 Å². The second-order valence-electron chi connectivity index (χ2n) is 3.89. The van der Waals surface area contributed by atoms with Crippen molar-refractivity contribution in [2.75, 3.05) is 7.11 Å². The van der Waals surface area contributed by atoms with Gasteiger partial charge in [-0.15, -0.1) is 0 Å². The number of nitriles is 1. The predicted octanol–water partition coefficient (Wildman–Crippen LogP) is 3.91. The number of benzene rings is 2. The lowest BCUT2D eigenvalue weighted by Gasteiger charge is -2.08. The molecule has 0 aromatic heterocycles. The van der Waals surface area contributed by atoms with Gasteiger partial charge in [-0.3, -0.25) is 0 Å². The Morgan fingerprint density at radius 3 is 2.53 bits per heavy atom. The fourth-order valence-corrected chi connectivity index (χ4v) is 1.89. The maximum Gasteiger partial charge on any atom is 0.136 e. The highest BCUT2D eigenvalue weighted by Crippen LogP contribution is 2.21. The van der Waals surface area contributed by atoms with E-state index in [0.717, 1.165) is 15.8 Å². The molecule has 0 saturated carbocycles. The number of methoxy groups -OCH3 is 1. The molecular weight excluding hydrogens is 306 g/mol. The van der Waals surface area contributed by atoms with Crippen LogP contribution in [0.4, 0.5) is 0 Å². The summed E-state index contributed by atoms with van der Waals surface area (Å²) in [6, 6.07) is 15.2. The zero-order valence-corrected chi connectivity index (χ0v) is 12.0. The van der Waals surface area contributed by atoms with Gasteiger partial charge in [-0.25, -0.2) is 0 Å². The summed E-state index contributed by atoms with van der Waals surface area (Å²) in [5.41, 5.74) is 1.44. The van der Waals surface area contributed by atoms with Crippen molar-refractivity contribution < 1.29 is 9.47 Å². The Bertz CT molecular complexity index is 603. The minimum atomic E-state index is 0.417. The molecule has 0 atom stereocenters. The summed E-state index contributed by atoms with van der Waals surface area (Å²) < 4.78 is 11.8. The molecule has 0 amide bonds. The Hall–Kier alpha value is -1.99. The summed E-state index contributed by atoms with van der Waals surface area (Å²) in [7, 11) is 1.55. The fraction of sp³-hybridized carbons (Fsp3) is 0.133. The molecular formula is C15H12BrNO2. The van der Waals surface area contributed by atoms with Gasteiger partial charge in [0.15, 0.2) is 0 Å². The van der Waals surface area contributed by atoms with E-state index in [1.807, 2.05) is 30.3 Å². The number of hydrogen-bond donors (Lipinski definition) is 0. The number of nitrogens with zero attached hydrogens (tertiary/aromatic N) is 1. The largest absolute Gasteiger partial charge is 0.495 e. The first kappa shape index (κ1) is 13.4. The normalized spacial score (nSPS) is 9.74. The van der Waals surface area contributed by atoms with Gasteiger partial charge in [0.25, 0.3) is 0 Å². The molecule has 0 aliphatic heterocycles. The van der Waals surface area contributed by atoms with Gasteiger partial charge >= 0.3 is 0 Å². The molecule has 0 fully saturated rings. The summed E-state index contributed by atoms with van der Waals surface area (Å²) in [5.74, 6) is 1.37. The molecule has 0 aliphatic carbocycles. The van der Waals surface area contributed by atoms with Crippen LogP contribution in [0.1, 0.15) is 11.1 Å².